The van der Waals surface area contributed by atoms with Gasteiger partial charge in [0.15, 0.2) is 11.5 Å². The summed E-state index contributed by atoms with van der Waals surface area (Å²) in [5, 5.41) is 6.23. The van der Waals surface area contributed by atoms with E-state index in [-0.39, 0.29) is 5.56 Å². The molecule has 0 unspecified atom stereocenters. The van der Waals surface area contributed by atoms with Gasteiger partial charge in [-0.2, -0.15) is 4.98 Å². The van der Waals surface area contributed by atoms with Crippen molar-refractivity contribution in [2.24, 2.45) is 5.73 Å². The molecule has 3 rings (SSSR count). The molecule has 0 spiro atoms. The van der Waals surface area contributed by atoms with Gasteiger partial charge in [0.1, 0.15) is 11.4 Å². The Balaban J connectivity index is 1.79. The van der Waals surface area contributed by atoms with E-state index in [1.165, 1.54) is 6.20 Å². The zero-order valence-electron chi connectivity index (χ0n) is 15.6. The zero-order chi connectivity index (χ0) is 19.9. The third kappa shape index (κ3) is 4.47. The molecule has 1 heterocycles. The van der Waals surface area contributed by atoms with E-state index >= 15 is 0 Å². The number of nitrogens with zero attached hydrogens (tertiary/aromatic N) is 2. The summed E-state index contributed by atoms with van der Waals surface area (Å²) in [6.07, 6.45) is 1.40. The van der Waals surface area contributed by atoms with Crippen LogP contribution in [0.3, 0.4) is 0 Å². The molecule has 0 saturated heterocycles. The second-order valence-electron chi connectivity index (χ2n) is 5.85. The average Bonchev–Trinajstić information content (AvgIpc) is 2.72. The van der Waals surface area contributed by atoms with Gasteiger partial charge in [-0.3, -0.25) is 4.79 Å². The highest BCUT2D eigenvalue weighted by atomic mass is 16.5. The normalized spacial score (nSPS) is 10.2. The lowest BCUT2D eigenvalue weighted by molar-refractivity contribution is 0.100. The van der Waals surface area contributed by atoms with Crippen LogP contribution in [0, 0.1) is 0 Å². The Hall–Kier alpha value is -3.81. The van der Waals surface area contributed by atoms with E-state index in [0.29, 0.717) is 29.8 Å². The molecule has 0 aliphatic carbocycles. The Labute approximate surface area is 162 Å². The van der Waals surface area contributed by atoms with Gasteiger partial charge in [0.25, 0.3) is 5.91 Å². The number of rotatable bonds is 8. The lowest BCUT2D eigenvalue weighted by Gasteiger charge is -2.12. The predicted octanol–water partition coefficient (Wildman–Crippen LogP) is 2.95. The minimum Gasteiger partial charge on any atom is -0.493 e. The molecule has 4 N–H and O–H groups in total. The van der Waals surface area contributed by atoms with Crippen molar-refractivity contribution in [1.82, 2.24) is 9.97 Å². The number of ether oxygens (including phenoxy) is 2. The summed E-state index contributed by atoms with van der Waals surface area (Å²) in [5.74, 6) is 1.38. The minimum absolute atomic E-state index is 0.209. The molecule has 28 heavy (non-hydrogen) atoms. The fourth-order valence-corrected chi connectivity index (χ4v) is 2.57. The summed E-state index contributed by atoms with van der Waals surface area (Å²) < 4.78 is 10.6. The Bertz CT molecular complexity index is 963. The Morgan fingerprint density at radius 2 is 1.82 bits per heavy atom. The minimum atomic E-state index is -0.607. The van der Waals surface area contributed by atoms with Gasteiger partial charge in [-0.1, -0.05) is 24.3 Å². The molecule has 1 amide bonds. The number of nitrogens with two attached hydrogens (primary N) is 1. The Morgan fingerprint density at radius 3 is 2.50 bits per heavy atom. The standard InChI is InChI=1S/C20H21N5O3/c1-27-16-9-8-13(10-17(16)28-2)11-22-20-23-12-15(18(21)26)19(25-20)24-14-6-4-3-5-7-14/h3-10,12H,11H2,1-2H3,(H2,21,26)(H2,22,23,24,25). The van der Waals surface area contributed by atoms with Gasteiger partial charge in [0.2, 0.25) is 5.95 Å². The third-order valence-electron chi connectivity index (χ3n) is 3.99. The molecular formula is C20H21N5O3. The number of primary amides is 1. The maximum absolute atomic E-state index is 11.7. The van der Waals surface area contributed by atoms with Crippen molar-refractivity contribution in [3.63, 3.8) is 0 Å². The molecule has 0 fully saturated rings. The SMILES string of the molecule is COc1ccc(CNc2ncc(C(N)=O)c(Nc3ccccc3)n2)cc1OC. The van der Waals surface area contributed by atoms with Crippen LogP contribution in [0.2, 0.25) is 0 Å². The summed E-state index contributed by atoms with van der Waals surface area (Å²) in [7, 11) is 3.17. The molecular weight excluding hydrogens is 358 g/mol. The number of anilines is 3. The van der Waals surface area contributed by atoms with E-state index < -0.39 is 5.91 Å². The maximum Gasteiger partial charge on any atom is 0.254 e. The number of aromatic nitrogens is 2. The first kappa shape index (κ1) is 19.0. The zero-order valence-corrected chi connectivity index (χ0v) is 15.6. The number of hydrogen-bond donors (Lipinski definition) is 3. The number of hydrogen-bond acceptors (Lipinski definition) is 7. The summed E-state index contributed by atoms with van der Waals surface area (Å²) >= 11 is 0. The number of carbonyl (C=O) groups is 1. The Morgan fingerprint density at radius 1 is 1.07 bits per heavy atom. The quantitative estimate of drug-likeness (QED) is 0.552. The van der Waals surface area contributed by atoms with Crippen molar-refractivity contribution in [3.05, 3.63) is 65.9 Å². The van der Waals surface area contributed by atoms with E-state index in [1.54, 1.807) is 14.2 Å². The lowest BCUT2D eigenvalue weighted by atomic mass is 10.2. The second kappa shape index (κ2) is 8.72. The first-order valence-electron chi connectivity index (χ1n) is 8.54. The van der Waals surface area contributed by atoms with Gasteiger partial charge in [-0.05, 0) is 29.8 Å². The third-order valence-corrected chi connectivity index (χ3v) is 3.99. The van der Waals surface area contributed by atoms with Gasteiger partial charge < -0.3 is 25.8 Å². The Kier molecular flexibility index (Phi) is 5.91. The summed E-state index contributed by atoms with van der Waals surface area (Å²) in [6.45, 7) is 0.459. The molecule has 0 aliphatic heterocycles. The van der Waals surface area contributed by atoms with Crippen molar-refractivity contribution in [2.45, 2.75) is 6.54 Å². The van der Waals surface area contributed by atoms with Crippen molar-refractivity contribution in [1.29, 1.82) is 0 Å². The van der Waals surface area contributed by atoms with Crippen LogP contribution in [0.5, 0.6) is 11.5 Å². The van der Waals surface area contributed by atoms with Crippen molar-refractivity contribution < 1.29 is 14.3 Å². The molecule has 0 radical (unpaired) electrons. The molecule has 1 aromatic heterocycles. The topological polar surface area (TPSA) is 111 Å². The number of nitrogens with one attached hydrogen (secondary N) is 2. The summed E-state index contributed by atoms with van der Waals surface area (Å²) in [5.41, 5.74) is 7.39. The van der Waals surface area contributed by atoms with Crippen LogP contribution in [0.25, 0.3) is 0 Å². The second-order valence-corrected chi connectivity index (χ2v) is 5.85. The van der Waals surface area contributed by atoms with E-state index in [9.17, 15) is 4.79 Å². The highest BCUT2D eigenvalue weighted by Gasteiger charge is 2.13. The molecule has 0 atom stereocenters. The monoisotopic (exact) mass is 379 g/mol. The van der Waals surface area contributed by atoms with Crippen LogP contribution < -0.4 is 25.8 Å². The van der Waals surface area contributed by atoms with E-state index in [4.69, 9.17) is 15.2 Å². The molecule has 8 nitrogen and oxygen atoms in total. The fourth-order valence-electron chi connectivity index (χ4n) is 2.57. The summed E-state index contributed by atoms with van der Waals surface area (Å²) in [4.78, 5) is 20.3. The van der Waals surface area contributed by atoms with Gasteiger partial charge in [0.05, 0.1) is 14.2 Å². The first-order chi connectivity index (χ1) is 13.6. The van der Waals surface area contributed by atoms with Crippen molar-refractivity contribution in [3.8, 4) is 11.5 Å². The molecule has 3 aromatic rings. The number of benzene rings is 2. The van der Waals surface area contributed by atoms with Gasteiger partial charge in [-0.25, -0.2) is 4.98 Å². The first-order valence-corrected chi connectivity index (χ1v) is 8.54. The lowest BCUT2D eigenvalue weighted by Crippen LogP contribution is -2.16. The molecule has 0 bridgehead atoms. The number of amides is 1. The average molecular weight is 379 g/mol. The molecule has 2 aromatic carbocycles. The van der Waals surface area contributed by atoms with Crippen LogP contribution in [0.15, 0.2) is 54.7 Å². The largest absolute Gasteiger partial charge is 0.493 e. The molecule has 0 saturated carbocycles. The van der Waals surface area contributed by atoms with Gasteiger partial charge in [-0.15, -0.1) is 0 Å². The number of methoxy groups -OCH3 is 2. The fraction of sp³-hybridized carbons (Fsp3) is 0.150. The molecule has 0 aliphatic rings. The highest BCUT2D eigenvalue weighted by molar-refractivity contribution is 5.98. The van der Waals surface area contributed by atoms with Crippen molar-refractivity contribution in [2.75, 3.05) is 24.9 Å². The number of carbonyl (C=O) groups excluding carboxylic acids is 1. The van der Waals surface area contributed by atoms with Gasteiger partial charge in [0, 0.05) is 18.4 Å². The van der Waals surface area contributed by atoms with Crippen molar-refractivity contribution >= 4 is 23.4 Å². The summed E-state index contributed by atoms with van der Waals surface area (Å²) in [6, 6.07) is 15.0. The van der Waals surface area contributed by atoms with Crippen LogP contribution in [-0.4, -0.2) is 30.1 Å². The van der Waals surface area contributed by atoms with E-state index in [1.807, 2.05) is 48.5 Å². The predicted molar refractivity (Wildman–Crippen MR) is 107 cm³/mol. The van der Waals surface area contributed by atoms with E-state index in [0.717, 1.165) is 11.3 Å². The number of para-hydroxylation sites is 1. The highest BCUT2D eigenvalue weighted by Crippen LogP contribution is 2.28. The molecule has 144 valence electrons. The van der Waals surface area contributed by atoms with Crippen LogP contribution in [-0.2, 0) is 6.54 Å². The van der Waals surface area contributed by atoms with Crippen LogP contribution in [0.1, 0.15) is 15.9 Å². The van der Waals surface area contributed by atoms with Gasteiger partial charge >= 0.3 is 0 Å². The molecule has 8 heteroatoms. The van der Waals surface area contributed by atoms with Crippen LogP contribution >= 0.6 is 0 Å². The van der Waals surface area contributed by atoms with Crippen LogP contribution in [0.4, 0.5) is 17.5 Å². The smallest absolute Gasteiger partial charge is 0.254 e. The van der Waals surface area contributed by atoms with E-state index in [2.05, 4.69) is 20.6 Å². The maximum atomic E-state index is 11.7.